The van der Waals surface area contributed by atoms with Gasteiger partial charge in [-0.3, -0.25) is 4.79 Å². The van der Waals surface area contributed by atoms with E-state index in [0.717, 1.165) is 69.1 Å². The summed E-state index contributed by atoms with van der Waals surface area (Å²) in [5.41, 5.74) is 3.77. The van der Waals surface area contributed by atoms with Crippen molar-refractivity contribution >= 4 is 51.5 Å². The highest BCUT2D eigenvalue weighted by Crippen LogP contribution is 2.35. The van der Waals surface area contributed by atoms with Gasteiger partial charge in [-0.2, -0.15) is 4.98 Å². The molecule has 0 saturated heterocycles. The van der Waals surface area contributed by atoms with E-state index in [1.54, 1.807) is 11.3 Å². The molecule has 9 heteroatoms. The molecule has 0 bridgehead atoms. The lowest BCUT2D eigenvalue weighted by molar-refractivity contribution is -0.121. The number of para-hydroxylation sites is 1. The summed E-state index contributed by atoms with van der Waals surface area (Å²) in [7, 11) is 4.00. The molecule has 0 unspecified atom stereocenters. The first-order valence-corrected chi connectivity index (χ1v) is 15.4. The van der Waals surface area contributed by atoms with E-state index in [0.29, 0.717) is 17.4 Å². The first-order chi connectivity index (χ1) is 20.4. The highest BCUT2D eigenvalue weighted by atomic mass is 35.5. The van der Waals surface area contributed by atoms with Crippen molar-refractivity contribution in [1.82, 2.24) is 20.3 Å². The molecule has 0 aliphatic heterocycles. The number of fused-ring (bicyclic) bond motifs is 1. The Balaban J connectivity index is 1.10. The number of nitrogens with one attached hydrogen (secondary N) is 2. The average molecular weight is 597 g/mol. The van der Waals surface area contributed by atoms with Gasteiger partial charge in [0, 0.05) is 52.6 Å². The molecule has 7 nitrogen and oxygen atoms in total. The molecular formula is C33H33ClN6OS. The number of carbonyl (C=O) groups is 1. The molecule has 5 aromatic rings. The second kappa shape index (κ2) is 12.5. The number of thiazole rings is 1. The lowest BCUT2D eigenvalue weighted by Gasteiger charge is -2.30. The van der Waals surface area contributed by atoms with E-state index in [1.807, 2.05) is 91.8 Å². The molecule has 3 aromatic carbocycles. The molecule has 0 spiro atoms. The Kier molecular flexibility index (Phi) is 8.35. The number of rotatable bonds is 8. The Morgan fingerprint density at radius 3 is 2.29 bits per heavy atom. The van der Waals surface area contributed by atoms with Gasteiger partial charge in [-0.25, -0.2) is 9.97 Å². The molecule has 6 rings (SSSR count). The zero-order valence-electron chi connectivity index (χ0n) is 23.7. The lowest BCUT2D eigenvalue weighted by atomic mass is 9.91. The Bertz CT molecular complexity index is 1680. The van der Waals surface area contributed by atoms with Gasteiger partial charge in [0.1, 0.15) is 10.8 Å². The fourth-order valence-corrected chi connectivity index (χ4v) is 6.68. The summed E-state index contributed by atoms with van der Waals surface area (Å²) >= 11 is 7.71. The van der Waals surface area contributed by atoms with Gasteiger partial charge in [0.25, 0.3) is 0 Å². The van der Waals surface area contributed by atoms with Crippen LogP contribution in [0.15, 0.2) is 78.9 Å². The average Bonchev–Trinajstić information content (AvgIpc) is 3.42. The minimum atomic E-state index is 0.0263. The van der Waals surface area contributed by atoms with Crippen molar-refractivity contribution in [3.05, 3.63) is 88.8 Å². The number of anilines is 2. The fourth-order valence-electron chi connectivity index (χ4n) is 5.46. The number of nitrogens with zero attached hydrogens (tertiary/aromatic N) is 4. The molecule has 2 aromatic heterocycles. The Labute approximate surface area is 255 Å². The van der Waals surface area contributed by atoms with Crippen molar-refractivity contribution in [3.63, 3.8) is 0 Å². The van der Waals surface area contributed by atoms with Crippen molar-refractivity contribution in [2.24, 2.45) is 0 Å². The fraction of sp³-hybridized carbons (Fsp3) is 0.273. The van der Waals surface area contributed by atoms with E-state index in [9.17, 15) is 4.79 Å². The van der Waals surface area contributed by atoms with Gasteiger partial charge in [0.2, 0.25) is 11.9 Å². The predicted molar refractivity (Wildman–Crippen MR) is 173 cm³/mol. The summed E-state index contributed by atoms with van der Waals surface area (Å²) in [6, 6.07) is 26.2. The van der Waals surface area contributed by atoms with Gasteiger partial charge in [-0.05, 0) is 49.9 Å². The quantitative estimate of drug-likeness (QED) is 0.197. The maximum absolute atomic E-state index is 13.3. The largest absolute Gasteiger partial charge is 0.362 e. The van der Waals surface area contributed by atoms with Crippen LogP contribution in [0.1, 0.15) is 30.6 Å². The number of carbonyl (C=O) groups excluding carboxylic acids is 1. The molecule has 1 saturated carbocycles. The van der Waals surface area contributed by atoms with E-state index in [1.165, 1.54) is 0 Å². The summed E-state index contributed by atoms with van der Waals surface area (Å²) in [6.45, 7) is 0. The van der Waals surface area contributed by atoms with E-state index in [-0.39, 0.29) is 18.0 Å². The van der Waals surface area contributed by atoms with Crippen LogP contribution < -0.4 is 15.5 Å². The van der Waals surface area contributed by atoms with Crippen molar-refractivity contribution in [2.45, 2.75) is 44.2 Å². The van der Waals surface area contributed by atoms with Crippen molar-refractivity contribution < 1.29 is 4.79 Å². The highest BCUT2D eigenvalue weighted by Gasteiger charge is 2.25. The van der Waals surface area contributed by atoms with Crippen LogP contribution in [0.4, 0.5) is 11.8 Å². The van der Waals surface area contributed by atoms with Gasteiger partial charge in [0.15, 0.2) is 0 Å². The smallest absolute Gasteiger partial charge is 0.225 e. The van der Waals surface area contributed by atoms with Crippen LogP contribution in [-0.4, -0.2) is 47.0 Å². The van der Waals surface area contributed by atoms with Gasteiger partial charge >= 0.3 is 0 Å². The van der Waals surface area contributed by atoms with Crippen LogP contribution >= 0.6 is 22.9 Å². The molecule has 1 amide bonds. The van der Waals surface area contributed by atoms with Crippen molar-refractivity contribution in [3.8, 4) is 21.8 Å². The maximum atomic E-state index is 13.3. The van der Waals surface area contributed by atoms with Crippen LogP contribution in [-0.2, 0) is 11.2 Å². The first-order valence-electron chi connectivity index (χ1n) is 14.2. The third-order valence-corrected chi connectivity index (χ3v) is 8.95. The van der Waals surface area contributed by atoms with Crippen molar-refractivity contribution in [2.75, 3.05) is 24.3 Å². The molecule has 0 atom stereocenters. The van der Waals surface area contributed by atoms with Gasteiger partial charge < -0.3 is 15.5 Å². The van der Waals surface area contributed by atoms with E-state index < -0.39 is 0 Å². The molecule has 214 valence electrons. The molecule has 2 heterocycles. The first kappa shape index (κ1) is 28.1. The SMILES string of the molecule is CN(C)c1nc(NC2CCC(NC(=O)Cc3sc(-c4ccccc4)nc3-c3ccc(Cl)cc3)CC2)nc2ccccc12. The summed E-state index contributed by atoms with van der Waals surface area (Å²) in [5, 5.41) is 9.46. The summed E-state index contributed by atoms with van der Waals surface area (Å²) < 4.78 is 0. The minimum Gasteiger partial charge on any atom is -0.362 e. The molecule has 42 heavy (non-hydrogen) atoms. The Morgan fingerprint density at radius 1 is 0.857 bits per heavy atom. The number of hydrogen-bond donors (Lipinski definition) is 2. The zero-order valence-corrected chi connectivity index (χ0v) is 25.3. The third kappa shape index (κ3) is 6.40. The topological polar surface area (TPSA) is 83.0 Å². The molecule has 0 radical (unpaired) electrons. The third-order valence-electron chi connectivity index (χ3n) is 7.59. The van der Waals surface area contributed by atoms with E-state index in [2.05, 4.69) is 16.7 Å². The summed E-state index contributed by atoms with van der Waals surface area (Å²) in [6.07, 6.45) is 3.97. The minimum absolute atomic E-state index is 0.0263. The normalized spacial score (nSPS) is 16.7. The van der Waals surface area contributed by atoms with Crippen LogP contribution in [0, 0.1) is 0 Å². The molecular weight excluding hydrogens is 564 g/mol. The highest BCUT2D eigenvalue weighted by molar-refractivity contribution is 7.15. The van der Waals surface area contributed by atoms with Crippen LogP contribution in [0.25, 0.3) is 32.7 Å². The number of halogens is 1. The van der Waals surface area contributed by atoms with Gasteiger partial charge in [0.05, 0.1) is 17.6 Å². The standard InChI is InChI=1S/C33H33ClN6OS/c1-40(2)31-26-10-6-7-11-27(26)37-33(39-31)36-25-18-16-24(17-19-25)35-29(41)20-28-30(21-12-14-23(34)15-13-21)38-32(42-28)22-8-4-3-5-9-22/h3-15,24-25H,16-20H2,1-2H3,(H,35,41)(H,36,37,39). The lowest BCUT2D eigenvalue weighted by Crippen LogP contribution is -2.40. The summed E-state index contributed by atoms with van der Waals surface area (Å²) in [5.74, 6) is 1.58. The van der Waals surface area contributed by atoms with Crippen LogP contribution in [0.5, 0.6) is 0 Å². The molecule has 1 fully saturated rings. The van der Waals surface area contributed by atoms with Crippen LogP contribution in [0.2, 0.25) is 5.02 Å². The number of amides is 1. The number of aromatic nitrogens is 3. The summed E-state index contributed by atoms with van der Waals surface area (Å²) in [4.78, 5) is 30.7. The van der Waals surface area contributed by atoms with Crippen molar-refractivity contribution in [1.29, 1.82) is 0 Å². The van der Waals surface area contributed by atoms with Gasteiger partial charge in [-0.15, -0.1) is 11.3 Å². The predicted octanol–water partition coefficient (Wildman–Crippen LogP) is 7.22. The number of hydrogen-bond acceptors (Lipinski definition) is 7. The van der Waals surface area contributed by atoms with Crippen LogP contribution in [0.3, 0.4) is 0 Å². The second-order valence-corrected chi connectivity index (χ2v) is 12.4. The van der Waals surface area contributed by atoms with E-state index >= 15 is 0 Å². The Hall–Kier alpha value is -4.01. The Morgan fingerprint density at radius 2 is 1.55 bits per heavy atom. The molecule has 1 aliphatic rings. The van der Waals surface area contributed by atoms with E-state index in [4.69, 9.17) is 26.6 Å². The number of benzene rings is 3. The second-order valence-electron chi connectivity index (χ2n) is 10.9. The zero-order chi connectivity index (χ0) is 29.1. The monoisotopic (exact) mass is 596 g/mol. The maximum Gasteiger partial charge on any atom is 0.225 e. The molecule has 1 aliphatic carbocycles. The van der Waals surface area contributed by atoms with Gasteiger partial charge in [-0.1, -0.05) is 66.2 Å². The molecule has 2 N–H and O–H groups in total.